The molecule has 2 heterocycles. The van der Waals surface area contributed by atoms with Crippen molar-refractivity contribution in [1.82, 2.24) is 4.90 Å². The predicted molar refractivity (Wildman–Crippen MR) is 101 cm³/mol. The molecule has 27 heavy (non-hydrogen) atoms. The second-order valence-corrected chi connectivity index (χ2v) is 6.99. The van der Waals surface area contributed by atoms with Crippen molar-refractivity contribution >= 4 is 17.5 Å². The predicted octanol–water partition coefficient (Wildman–Crippen LogP) is 2.93. The van der Waals surface area contributed by atoms with E-state index in [1.165, 1.54) is 12.5 Å². The van der Waals surface area contributed by atoms with Gasteiger partial charge in [0, 0.05) is 31.6 Å². The Morgan fingerprint density at radius 1 is 1.11 bits per heavy atom. The van der Waals surface area contributed by atoms with Gasteiger partial charge in [0.05, 0.1) is 6.42 Å². The van der Waals surface area contributed by atoms with E-state index in [-0.39, 0.29) is 18.6 Å². The van der Waals surface area contributed by atoms with E-state index in [2.05, 4.69) is 11.4 Å². The fraction of sp³-hybridized carbons (Fsp3) is 0.333. The topological polar surface area (TPSA) is 67.9 Å². The molecular weight excluding hydrogens is 344 g/mol. The SMILES string of the molecule is CC(=O)Nc1ccc(CC(=O)N2CCC(c3ccc4c(c3)OCO4)C2)cc1. The van der Waals surface area contributed by atoms with Crippen LogP contribution in [-0.2, 0) is 16.0 Å². The van der Waals surface area contributed by atoms with Gasteiger partial charge in [-0.15, -0.1) is 0 Å². The van der Waals surface area contributed by atoms with E-state index >= 15 is 0 Å². The summed E-state index contributed by atoms with van der Waals surface area (Å²) in [5.74, 6) is 1.92. The van der Waals surface area contributed by atoms with Crippen LogP contribution in [0, 0.1) is 0 Å². The van der Waals surface area contributed by atoms with Crippen LogP contribution in [0.5, 0.6) is 11.5 Å². The van der Waals surface area contributed by atoms with E-state index in [1.54, 1.807) is 0 Å². The largest absolute Gasteiger partial charge is 0.454 e. The molecule has 6 nitrogen and oxygen atoms in total. The Kier molecular flexibility index (Phi) is 4.71. The number of nitrogens with one attached hydrogen (secondary N) is 1. The molecule has 2 aliphatic heterocycles. The lowest BCUT2D eigenvalue weighted by atomic mass is 9.98. The number of carbonyl (C=O) groups is 2. The molecule has 1 fully saturated rings. The van der Waals surface area contributed by atoms with Gasteiger partial charge < -0.3 is 19.7 Å². The number of nitrogens with zero attached hydrogens (tertiary/aromatic N) is 1. The molecule has 140 valence electrons. The van der Waals surface area contributed by atoms with Crippen LogP contribution in [0.3, 0.4) is 0 Å². The Hall–Kier alpha value is -3.02. The Bertz CT molecular complexity index is 863. The molecule has 1 N–H and O–H groups in total. The average Bonchev–Trinajstić information content (AvgIpc) is 3.31. The number of benzene rings is 2. The molecule has 0 spiro atoms. The van der Waals surface area contributed by atoms with Crippen LogP contribution in [0.15, 0.2) is 42.5 Å². The Morgan fingerprint density at radius 3 is 2.67 bits per heavy atom. The van der Waals surface area contributed by atoms with E-state index < -0.39 is 0 Å². The Balaban J connectivity index is 1.35. The van der Waals surface area contributed by atoms with Gasteiger partial charge in [0.15, 0.2) is 11.5 Å². The summed E-state index contributed by atoms with van der Waals surface area (Å²) in [6.45, 7) is 3.24. The molecule has 0 aliphatic carbocycles. The lowest BCUT2D eigenvalue weighted by molar-refractivity contribution is -0.129. The number of hydrogen-bond acceptors (Lipinski definition) is 4. The molecule has 2 amide bonds. The zero-order valence-electron chi connectivity index (χ0n) is 15.2. The van der Waals surface area contributed by atoms with Crippen molar-refractivity contribution in [2.75, 3.05) is 25.2 Å². The van der Waals surface area contributed by atoms with Crippen LogP contribution in [0.4, 0.5) is 5.69 Å². The van der Waals surface area contributed by atoms with Gasteiger partial charge in [-0.3, -0.25) is 9.59 Å². The summed E-state index contributed by atoms with van der Waals surface area (Å²) < 4.78 is 10.8. The van der Waals surface area contributed by atoms with Crippen LogP contribution in [-0.4, -0.2) is 36.6 Å². The number of ether oxygens (including phenoxy) is 2. The molecule has 0 saturated carbocycles. The summed E-state index contributed by atoms with van der Waals surface area (Å²) in [4.78, 5) is 25.7. The minimum Gasteiger partial charge on any atom is -0.454 e. The van der Waals surface area contributed by atoms with Crippen molar-refractivity contribution in [2.45, 2.75) is 25.7 Å². The number of likely N-dealkylation sites (tertiary alicyclic amines) is 1. The second kappa shape index (κ2) is 7.31. The monoisotopic (exact) mass is 366 g/mol. The fourth-order valence-corrected chi connectivity index (χ4v) is 3.62. The summed E-state index contributed by atoms with van der Waals surface area (Å²) >= 11 is 0. The smallest absolute Gasteiger partial charge is 0.231 e. The van der Waals surface area contributed by atoms with Crippen molar-refractivity contribution in [1.29, 1.82) is 0 Å². The third-order valence-electron chi connectivity index (χ3n) is 5.04. The summed E-state index contributed by atoms with van der Waals surface area (Å²) in [6, 6.07) is 13.4. The highest BCUT2D eigenvalue weighted by Crippen LogP contribution is 2.37. The lowest BCUT2D eigenvalue weighted by Gasteiger charge is -2.17. The maximum absolute atomic E-state index is 12.7. The maximum Gasteiger partial charge on any atom is 0.231 e. The normalized spacial score (nSPS) is 17.8. The van der Waals surface area contributed by atoms with E-state index in [0.717, 1.165) is 42.3 Å². The summed E-state index contributed by atoms with van der Waals surface area (Å²) in [5.41, 5.74) is 2.87. The molecular formula is C21H22N2O4. The van der Waals surface area contributed by atoms with Gasteiger partial charge in [0.1, 0.15) is 0 Å². The Morgan fingerprint density at radius 2 is 1.89 bits per heavy atom. The quantitative estimate of drug-likeness (QED) is 0.903. The maximum atomic E-state index is 12.7. The minimum absolute atomic E-state index is 0.106. The van der Waals surface area contributed by atoms with Gasteiger partial charge in [-0.1, -0.05) is 18.2 Å². The molecule has 1 unspecified atom stereocenters. The van der Waals surface area contributed by atoms with Crippen LogP contribution in [0.1, 0.15) is 30.4 Å². The molecule has 1 atom stereocenters. The van der Waals surface area contributed by atoms with E-state index in [1.807, 2.05) is 41.3 Å². The number of carbonyl (C=O) groups excluding carboxylic acids is 2. The molecule has 2 aromatic rings. The average molecular weight is 366 g/mol. The first kappa shape index (κ1) is 17.4. The molecule has 2 aliphatic rings. The number of amides is 2. The van der Waals surface area contributed by atoms with Gasteiger partial charge >= 0.3 is 0 Å². The number of anilines is 1. The van der Waals surface area contributed by atoms with Gasteiger partial charge in [0.2, 0.25) is 18.6 Å². The zero-order chi connectivity index (χ0) is 18.8. The highest BCUT2D eigenvalue weighted by molar-refractivity contribution is 5.88. The van der Waals surface area contributed by atoms with E-state index in [9.17, 15) is 9.59 Å². The first-order chi connectivity index (χ1) is 13.1. The van der Waals surface area contributed by atoms with Gasteiger partial charge in [-0.25, -0.2) is 0 Å². The van der Waals surface area contributed by atoms with Crippen molar-refractivity contribution in [3.05, 3.63) is 53.6 Å². The van der Waals surface area contributed by atoms with Crippen LogP contribution in [0.2, 0.25) is 0 Å². The molecule has 1 saturated heterocycles. The van der Waals surface area contributed by atoms with Crippen molar-refractivity contribution in [2.24, 2.45) is 0 Å². The summed E-state index contributed by atoms with van der Waals surface area (Å²) in [5, 5.41) is 2.73. The van der Waals surface area contributed by atoms with Gasteiger partial charge in [-0.05, 0) is 41.8 Å². The van der Waals surface area contributed by atoms with Crippen LogP contribution in [0.25, 0.3) is 0 Å². The molecule has 0 bridgehead atoms. The van der Waals surface area contributed by atoms with E-state index in [4.69, 9.17) is 9.47 Å². The molecule has 2 aromatic carbocycles. The third kappa shape index (κ3) is 3.89. The van der Waals surface area contributed by atoms with Crippen molar-refractivity contribution in [3.63, 3.8) is 0 Å². The lowest BCUT2D eigenvalue weighted by Crippen LogP contribution is -2.29. The first-order valence-electron chi connectivity index (χ1n) is 9.12. The highest BCUT2D eigenvalue weighted by Gasteiger charge is 2.28. The molecule has 0 radical (unpaired) electrons. The Labute approximate surface area is 158 Å². The van der Waals surface area contributed by atoms with E-state index in [0.29, 0.717) is 12.3 Å². The summed E-state index contributed by atoms with van der Waals surface area (Å²) in [6.07, 6.45) is 1.32. The molecule has 0 aromatic heterocycles. The van der Waals surface area contributed by atoms with Crippen LogP contribution < -0.4 is 14.8 Å². The van der Waals surface area contributed by atoms with Crippen molar-refractivity contribution in [3.8, 4) is 11.5 Å². The summed E-state index contributed by atoms with van der Waals surface area (Å²) in [7, 11) is 0. The second-order valence-electron chi connectivity index (χ2n) is 6.99. The first-order valence-corrected chi connectivity index (χ1v) is 9.12. The standard InChI is InChI=1S/C21H22N2O4/c1-14(24)22-18-5-2-15(3-6-18)10-21(25)23-9-8-17(12-23)16-4-7-19-20(11-16)27-13-26-19/h2-7,11,17H,8-10,12-13H2,1H3,(H,22,24). The number of fused-ring (bicyclic) bond motifs is 1. The third-order valence-corrected chi connectivity index (χ3v) is 5.04. The fourth-order valence-electron chi connectivity index (χ4n) is 3.62. The zero-order valence-corrected chi connectivity index (χ0v) is 15.2. The van der Waals surface area contributed by atoms with Crippen LogP contribution >= 0.6 is 0 Å². The molecule has 4 rings (SSSR count). The highest BCUT2D eigenvalue weighted by atomic mass is 16.7. The van der Waals surface area contributed by atoms with Crippen molar-refractivity contribution < 1.29 is 19.1 Å². The number of hydrogen-bond donors (Lipinski definition) is 1. The molecule has 6 heteroatoms. The number of rotatable bonds is 4. The minimum atomic E-state index is -0.106. The van der Waals surface area contributed by atoms with Gasteiger partial charge in [-0.2, -0.15) is 0 Å². The van der Waals surface area contributed by atoms with Gasteiger partial charge in [0.25, 0.3) is 0 Å².